The summed E-state index contributed by atoms with van der Waals surface area (Å²) in [5, 5.41) is 0. The number of Topliss-reactive ketones (excluding diaryl/α,β-unsaturated/α-hetero) is 2. The summed E-state index contributed by atoms with van der Waals surface area (Å²) >= 11 is 1.55. The summed E-state index contributed by atoms with van der Waals surface area (Å²) in [5.74, 6) is 0.355. The monoisotopic (exact) mass is 366 g/mol. The number of hydrogen-bond donors (Lipinski definition) is 1. The molecule has 5 heteroatoms. The van der Waals surface area contributed by atoms with Gasteiger partial charge < -0.3 is 5.73 Å². The second-order valence-electron chi connectivity index (χ2n) is 6.43. The zero-order valence-corrected chi connectivity index (χ0v) is 15.4. The van der Waals surface area contributed by atoms with Crippen molar-refractivity contribution in [2.75, 3.05) is 5.73 Å². The van der Waals surface area contributed by atoms with Crippen LogP contribution in [-0.4, -0.2) is 16.6 Å². The van der Waals surface area contributed by atoms with E-state index >= 15 is 0 Å². The first kappa shape index (κ1) is 18.3. The van der Waals surface area contributed by atoms with Crippen molar-refractivity contribution in [1.29, 1.82) is 0 Å². The number of nitrogen functional groups attached to an aromatic ring is 1. The van der Waals surface area contributed by atoms with Crippen molar-refractivity contribution in [1.82, 2.24) is 4.98 Å². The Balaban J connectivity index is 1.38. The molecule has 0 atom stereocenters. The van der Waals surface area contributed by atoms with Crippen LogP contribution in [0.1, 0.15) is 48.0 Å². The molecule has 2 aromatic carbocycles. The van der Waals surface area contributed by atoms with E-state index < -0.39 is 0 Å². The summed E-state index contributed by atoms with van der Waals surface area (Å²) in [6.45, 7) is 0. The Morgan fingerprint density at radius 1 is 1.00 bits per heavy atom. The van der Waals surface area contributed by atoms with Gasteiger partial charge in [-0.1, -0.05) is 24.6 Å². The third-order valence-electron chi connectivity index (χ3n) is 4.46. The van der Waals surface area contributed by atoms with E-state index in [1.165, 1.54) is 0 Å². The SMILES string of the molecule is Nc1ccccc1CC(=O)CCCCCC(=O)c1ccc2ncsc2c1. The molecule has 2 N–H and O–H groups in total. The van der Waals surface area contributed by atoms with Gasteiger partial charge in [-0.3, -0.25) is 9.59 Å². The number of anilines is 1. The maximum absolute atomic E-state index is 12.3. The quantitative estimate of drug-likeness (QED) is 0.335. The number of unbranched alkanes of at least 4 members (excludes halogenated alkanes) is 2. The molecule has 0 amide bonds. The maximum Gasteiger partial charge on any atom is 0.162 e. The summed E-state index contributed by atoms with van der Waals surface area (Å²) in [7, 11) is 0. The lowest BCUT2D eigenvalue weighted by atomic mass is 10.0. The molecule has 1 heterocycles. The molecule has 4 nitrogen and oxygen atoms in total. The van der Waals surface area contributed by atoms with E-state index in [4.69, 9.17) is 5.73 Å². The average molecular weight is 366 g/mol. The predicted molar refractivity (Wildman–Crippen MR) is 107 cm³/mol. The van der Waals surface area contributed by atoms with Crippen molar-refractivity contribution in [3.8, 4) is 0 Å². The van der Waals surface area contributed by atoms with E-state index in [1.54, 1.807) is 16.8 Å². The number of carbonyl (C=O) groups excluding carboxylic acids is 2. The van der Waals surface area contributed by atoms with E-state index in [0.29, 0.717) is 24.9 Å². The highest BCUT2D eigenvalue weighted by Crippen LogP contribution is 2.20. The van der Waals surface area contributed by atoms with Crippen LogP contribution in [0.15, 0.2) is 48.0 Å². The number of fused-ring (bicyclic) bond motifs is 1. The minimum Gasteiger partial charge on any atom is -0.398 e. The summed E-state index contributed by atoms with van der Waals surface area (Å²) in [6.07, 6.45) is 3.94. The van der Waals surface area contributed by atoms with E-state index in [0.717, 1.165) is 40.6 Å². The molecule has 26 heavy (non-hydrogen) atoms. The van der Waals surface area contributed by atoms with Crippen molar-refractivity contribution in [3.63, 3.8) is 0 Å². The number of thiazole rings is 1. The van der Waals surface area contributed by atoms with E-state index in [2.05, 4.69) is 4.98 Å². The molecule has 0 aliphatic heterocycles. The van der Waals surface area contributed by atoms with Gasteiger partial charge >= 0.3 is 0 Å². The normalized spacial score (nSPS) is 10.9. The fourth-order valence-corrected chi connectivity index (χ4v) is 3.67. The first-order chi connectivity index (χ1) is 12.6. The van der Waals surface area contributed by atoms with Crippen LogP contribution in [0, 0.1) is 0 Å². The predicted octanol–water partition coefficient (Wildman–Crippen LogP) is 4.82. The standard InChI is InChI=1S/C21H22N2O2S/c22-18-8-5-4-6-15(18)12-17(24)7-2-1-3-9-20(25)16-10-11-19-21(13-16)26-14-23-19/h4-6,8,10-11,13-14H,1-3,7,9,12,22H2. The fourth-order valence-electron chi connectivity index (χ4n) is 2.95. The molecule has 0 aliphatic rings. The average Bonchev–Trinajstić information content (AvgIpc) is 3.11. The third kappa shape index (κ3) is 4.76. The number of benzene rings is 2. The van der Waals surface area contributed by atoms with E-state index in [-0.39, 0.29) is 11.6 Å². The Hall–Kier alpha value is -2.53. The highest BCUT2D eigenvalue weighted by atomic mass is 32.1. The van der Waals surface area contributed by atoms with Gasteiger partial charge in [0.25, 0.3) is 0 Å². The minimum atomic E-state index is 0.156. The Kier molecular flexibility index (Phi) is 6.12. The van der Waals surface area contributed by atoms with Crippen molar-refractivity contribution < 1.29 is 9.59 Å². The van der Waals surface area contributed by atoms with Crippen molar-refractivity contribution in [3.05, 3.63) is 59.1 Å². The molecule has 3 aromatic rings. The number of nitrogens with two attached hydrogens (primary N) is 1. The van der Waals surface area contributed by atoms with E-state index in [9.17, 15) is 9.59 Å². The lowest BCUT2D eigenvalue weighted by Crippen LogP contribution is -2.05. The number of ketones is 2. The molecular formula is C21H22N2O2S. The first-order valence-corrected chi connectivity index (χ1v) is 9.73. The molecule has 3 rings (SSSR count). The molecule has 0 saturated carbocycles. The largest absolute Gasteiger partial charge is 0.398 e. The molecule has 0 spiro atoms. The van der Waals surface area contributed by atoms with Crippen LogP contribution in [0.5, 0.6) is 0 Å². The number of hydrogen-bond acceptors (Lipinski definition) is 5. The number of para-hydroxylation sites is 1. The van der Waals surface area contributed by atoms with Crippen LogP contribution in [0.4, 0.5) is 5.69 Å². The number of carbonyl (C=O) groups is 2. The maximum atomic E-state index is 12.3. The summed E-state index contributed by atoms with van der Waals surface area (Å²) < 4.78 is 1.04. The van der Waals surface area contributed by atoms with Crippen LogP contribution in [0.25, 0.3) is 10.2 Å². The molecule has 0 unspecified atom stereocenters. The van der Waals surface area contributed by atoms with E-state index in [1.807, 2.05) is 42.5 Å². The Bertz CT molecular complexity index is 917. The minimum absolute atomic E-state index is 0.156. The summed E-state index contributed by atoms with van der Waals surface area (Å²) in [5.41, 5.74) is 10.9. The molecule has 0 radical (unpaired) electrons. The zero-order valence-electron chi connectivity index (χ0n) is 14.6. The van der Waals surface area contributed by atoms with Gasteiger partial charge in [0.05, 0.1) is 15.7 Å². The van der Waals surface area contributed by atoms with Crippen LogP contribution >= 0.6 is 11.3 Å². The van der Waals surface area contributed by atoms with Crippen LogP contribution in [0.2, 0.25) is 0 Å². The molecule has 134 valence electrons. The lowest BCUT2D eigenvalue weighted by molar-refractivity contribution is -0.118. The van der Waals surface area contributed by atoms with Crippen LogP contribution in [-0.2, 0) is 11.2 Å². The Morgan fingerprint density at radius 2 is 1.81 bits per heavy atom. The van der Waals surface area contributed by atoms with Crippen molar-refractivity contribution in [2.45, 2.75) is 38.5 Å². The molecular weight excluding hydrogens is 344 g/mol. The van der Waals surface area contributed by atoms with Gasteiger partial charge in [0.1, 0.15) is 5.78 Å². The highest BCUT2D eigenvalue weighted by Gasteiger charge is 2.09. The van der Waals surface area contributed by atoms with Gasteiger partial charge in [0.2, 0.25) is 0 Å². The number of aromatic nitrogens is 1. The third-order valence-corrected chi connectivity index (χ3v) is 5.25. The lowest BCUT2D eigenvalue weighted by Gasteiger charge is -2.05. The molecule has 0 aliphatic carbocycles. The first-order valence-electron chi connectivity index (χ1n) is 8.85. The summed E-state index contributed by atoms with van der Waals surface area (Å²) in [6, 6.07) is 13.1. The van der Waals surface area contributed by atoms with Crippen LogP contribution in [0.3, 0.4) is 0 Å². The summed E-state index contributed by atoms with van der Waals surface area (Å²) in [4.78, 5) is 28.6. The van der Waals surface area contributed by atoms with Gasteiger partial charge in [-0.25, -0.2) is 4.98 Å². The molecule has 0 bridgehead atoms. The van der Waals surface area contributed by atoms with Gasteiger partial charge in [-0.05, 0) is 42.7 Å². The fraction of sp³-hybridized carbons (Fsp3) is 0.286. The smallest absolute Gasteiger partial charge is 0.162 e. The topological polar surface area (TPSA) is 73.1 Å². The second-order valence-corrected chi connectivity index (χ2v) is 7.32. The van der Waals surface area contributed by atoms with Gasteiger partial charge in [-0.15, -0.1) is 11.3 Å². The highest BCUT2D eigenvalue weighted by molar-refractivity contribution is 7.16. The van der Waals surface area contributed by atoms with Gasteiger partial charge in [0.15, 0.2) is 5.78 Å². The zero-order chi connectivity index (χ0) is 18.4. The molecule has 0 saturated heterocycles. The molecule has 0 fully saturated rings. The second kappa shape index (κ2) is 8.72. The van der Waals surface area contributed by atoms with Gasteiger partial charge in [-0.2, -0.15) is 0 Å². The Labute approximate surface area is 157 Å². The van der Waals surface area contributed by atoms with Crippen LogP contribution < -0.4 is 5.73 Å². The number of rotatable bonds is 9. The van der Waals surface area contributed by atoms with Gasteiger partial charge in [0, 0.05) is 30.5 Å². The van der Waals surface area contributed by atoms with Crippen molar-refractivity contribution in [2.24, 2.45) is 0 Å². The van der Waals surface area contributed by atoms with Crippen molar-refractivity contribution >= 4 is 38.8 Å². The Morgan fingerprint density at radius 3 is 2.65 bits per heavy atom. The molecule has 1 aromatic heterocycles. The number of nitrogens with zero attached hydrogens (tertiary/aromatic N) is 1.